The number of rotatable bonds is 9. The highest BCUT2D eigenvalue weighted by Crippen LogP contribution is 2.42. The van der Waals surface area contributed by atoms with Crippen molar-refractivity contribution in [2.75, 3.05) is 26.9 Å². The first-order valence-corrected chi connectivity index (χ1v) is 6.90. The Labute approximate surface area is 110 Å². The van der Waals surface area contributed by atoms with E-state index in [1.807, 2.05) is 0 Å². The van der Waals surface area contributed by atoms with Gasteiger partial charge in [-0.1, -0.05) is 26.7 Å². The van der Waals surface area contributed by atoms with Gasteiger partial charge in [0.05, 0.1) is 12.5 Å². The maximum Gasteiger partial charge on any atom is 0.313 e. The lowest BCUT2D eigenvalue weighted by Crippen LogP contribution is -2.41. The first-order chi connectivity index (χ1) is 8.54. The van der Waals surface area contributed by atoms with Crippen LogP contribution in [0.25, 0.3) is 0 Å². The van der Waals surface area contributed by atoms with E-state index in [0.717, 1.165) is 13.0 Å². The standard InChI is InChI=1S/C14H27NO3/c1-11(2)9-18-7-6-14(10-15,13(16)17-3)8-12-4-5-12/h11-12H,4-10,15H2,1-3H3. The lowest BCUT2D eigenvalue weighted by atomic mass is 9.79. The molecule has 0 bridgehead atoms. The summed E-state index contributed by atoms with van der Waals surface area (Å²) in [4.78, 5) is 12.0. The van der Waals surface area contributed by atoms with Gasteiger partial charge in [-0.25, -0.2) is 0 Å². The minimum Gasteiger partial charge on any atom is -0.469 e. The number of esters is 1. The van der Waals surface area contributed by atoms with E-state index in [1.54, 1.807) is 0 Å². The van der Waals surface area contributed by atoms with Gasteiger partial charge in [0.15, 0.2) is 0 Å². The van der Waals surface area contributed by atoms with Gasteiger partial charge >= 0.3 is 5.97 Å². The summed E-state index contributed by atoms with van der Waals surface area (Å²) in [6.45, 7) is 5.88. The van der Waals surface area contributed by atoms with Crippen LogP contribution in [-0.2, 0) is 14.3 Å². The van der Waals surface area contributed by atoms with Crippen LogP contribution in [0.1, 0.15) is 39.5 Å². The highest BCUT2D eigenvalue weighted by molar-refractivity contribution is 5.77. The molecule has 0 radical (unpaired) electrons. The Morgan fingerprint density at radius 2 is 2.11 bits per heavy atom. The first-order valence-electron chi connectivity index (χ1n) is 6.90. The average molecular weight is 257 g/mol. The molecule has 1 fully saturated rings. The Kier molecular flexibility index (Phi) is 6.09. The van der Waals surface area contributed by atoms with Crippen molar-refractivity contribution < 1.29 is 14.3 Å². The molecular weight excluding hydrogens is 230 g/mol. The second kappa shape index (κ2) is 7.10. The Bertz CT molecular complexity index is 264. The summed E-state index contributed by atoms with van der Waals surface area (Å²) < 4.78 is 10.5. The van der Waals surface area contributed by atoms with Crippen LogP contribution < -0.4 is 5.73 Å². The fraction of sp³-hybridized carbons (Fsp3) is 0.929. The van der Waals surface area contributed by atoms with Gasteiger partial charge in [-0.3, -0.25) is 4.79 Å². The van der Waals surface area contributed by atoms with Crippen molar-refractivity contribution in [3.63, 3.8) is 0 Å². The lowest BCUT2D eigenvalue weighted by Gasteiger charge is -2.29. The summed E-state index contributed by atoms with van der Waals surface area (Å²) in [7, 11) is 1.44. The Balaban J connectivity index is 2.49. The van der Waals surface area contributed by atoms with Gasteiger partial charge in [-0.15, -0.1) is 0 Å². The van der Waals surface area contributed by atoms with Crippen molar-refractivity contribution >= 4 is 5.97 Å². The van der Waals surface area contributed by atoms with Gasteiger partial charge in [-0.2, -0.15) is 0 Å². The smallest absolute Gasteiger partial charge is 0.313 e. The number of methoxy groups -OCH3 is 1. The van der Waals surface area contributed by atoms with E-state index >= 15 is 0 Å². The predicted molar refractivity (Wildman–Crippen MR) is 71.1 cm³/mol. The largest absolute Gasteiger partial charge is 0.469 e. The number of hydrogen-bond acceptors (Lipinski definition) is 4. The monoisotopic (exact) mass is 257 g/mol. The molecule has 0 aromatic rings. The molecule has 18 heavy (non-hydrogen) atoms. The normalized spacial score (nSPS) is 18.7. The van der Waals surface area contributed by atoms with Crippen LogP contribution >= 0.6 is 0 Å². The summed E-state index contributed by atoms with van der Waals surface area (Å²) in [5.74, 6) is 0.988. The minimum atomic E-state index is -0.535. The Morgan fingerprint density at radius 1 is 1.44 bits per heavy atom. The molecule has 1 aliphatic carbocycles. The summed E-state index contributed by atoms with van der Waals surface area (Å²) in [6, 6.07) is 0. The molecule has 0 aliphatic heterocycles. The van der Waals surface area contributed by atoms with Crippen molar-refractivity contribution in [1.82, 2.24) is 0 Å². The van der Waals surface area contributed by atoms with Crippen LogP contribution in [0.5, 0.6) is 0 Å². The SMILES string of the molecule is COC(=O)C(CN)(CCOCC(C)C)CC1CC1. The van der Waals surface area contributed by atoms with E-state index in [2.05, 4.69) is 13.8 Å². The van der Waals surface area contributed by atoms with Gasteiger partial charge < -0.3 is 15.2 Å². The molecule has 1 aliphatic rings. The zero-order valence-electron chi connectivity index (χ0n) is 11.9. The molecule has 0 aromatic heterocycles. The van der Waals surface area contributed by atoms with Crippen LogP contribution in [0.2, 0.25) is 0 Å². The van der Waals surface area contributed by atoms with E-state index < -0.39 is 5.41 Å². The maximum absolute atomic E-state index is 12.0. The Morgan fingerprint density at radius 3 is 2.56 bits per heavy atom. The molecule has 1 saturated carbocycles. The van der Waals surface area contributed by atoms with Crippen molar-refractivity contribution in [2.45, 2.75) is 39.5 Å². The highest BCUT2D eigenvalue weighted by atomic mass is 16.5. The second-order valence-corrected chi connectivity index (χ2v) is 5.84. The quantitative estimate of drug-likeness (QED) is 0.507. The maximum atomic E-state index is 12.0. The lowest BCUT2D eigenvalue weighted by molar-refractivity contribution is -0.154. The second-order valence-electron chi connectivity index (χ2n) is 5.84. The van der Waals surface area contributed by atoms with Crippen LogP contribution in [0, 0.1) is 17.3 Å². The molecule has 106 valence electrons. The molecule has 2 N–H and O–H groups in total. The zero-order chi connectivity index (χ0) is 13.6. The third-order valence-corrected chi connectivity index (χ3v) is 3.56. The molecule has 0 spiro atoms. The highest BCUT2D eigenvalue weighted by Gasteiger charge is 2.42. The molecule has 1 rings (SSSR count). The number of hydrogen-bond donors (Lipinski definition) is 1. The van der Waals surface area contributed by atoms with E-state index in [-0.39, 0.29) is 5.97 Å². The number of ether oxygens (including phenoxy) is 2. The predicted octanol–water partition coefficient (Wildman–Crippen LogP) is 1.97. The molecule has 0 amide bonds. The third kappa shape index (κ3) is 4.58. The molecular formula is C14H27NO3. The topological polar surface area (TPSA) is 61.5 Å². The van der Waals surface area contributed by atoms with Crippen molar-refractivity contribution in [1.29, 1.82) is 0 Å². The van der Waals surface area contributed by atoms with Gasteiger partial charge in [0.25, 0.3) is 0 Å². The van der Waals surface area contributed by atoms with E-state index in [1.165, 1.54) is 20.0 Å². The van der Waals surface area contributed by atoms with E-state index in [9.17, 15) is 4.79 Å². The number of nitrogens with two attached hydrogens (primary N) is 1. The van der Waals surface area contributed by atoms with Crippen molar-refractivity contribution in [3.8, 4) is 0 Å². The Hall–Kier alpha value is -0.610. The molecule has 0 saturated heterocycles. The van der Waals surface area contributed by atoms with Crippen molar-refractivity contribution in [3.05, 3.63) is 0 Å². The number of carbonyl (C=O) groups excluding carboxylic acids is 1. The minimum absolute atomic E-state index is 0.176. The van der Waals surface area contributed by atoms with Gasteiger partial charge in [-0.05, 0) is 24.7 Å². The van der Waals surface area contributed by atoms with Crippen LogP contribution in [-0.4, -0.2) is 32.8 Å². The fourth-order valence-electron chi connectivity index (χ4n) is 2.23. The summed E-state index contributed by atoms with van der Waals surface area (Å²) in [5, 5.41) is 0. The fourth-order valence-corrected chi connectivity index (χ4v) is 2.23. The van der Waals surface area contributed by atoms with Crippen LogP contribution in [0.15, 0.2) is 0 Å². The van der Waals surface area contributed by atoms with E-state index in [4.69, 9.17) is 15.2 Å². The van der Waals surface area contributed by atoms with E-state index in [0.29, 0.717) is 31.4 Å². The van der Waals surface area contributed by atoms with Crippen LogP contribution in [0.3, 0.4) is 0 Å². The molecule has 4 nitrogen and oxygen atoms in total. The summed E-state index contributed by atoms with van der Waals surface area (Å²) >= 11 is 0. The molecule has 4 heteroatoms. The van der Waals surface area contributed by atoms with Gasteiger partial charge in [0.1, 0.15) is 0 Å². The molecule has 1 atom stereocenters. The summed E-state index contributed by atoms with van der Waals surface area (Å²) in [6.07, 6.45) is 3.94. The third-order valence-electron chi connectivity index (χ3n) is 3.56. The van der Waals surface area contributed by atoms with Gasteiger partial charge in [0, 0.05) is 19.8 Å². The molecule has 0 heterocycles. The van der Waals surface area contributed by atoms with Gasteiger partial charge in [0.2, 0.25) is 0 Å². The average Bonchev–Trinajstić information content (AvgIpc) is 3.15. The molecule has 1 unspecified atom stereocenters. The van der Waals surface area contributed by atoms with Crippen molar-refractivity contribution in [2.24, 2.45) is 23.0 Å². The number of carbonyl (C=O) groups is 1. The first kappa shape index (κ1) is 15.4. The zero-order valence-corrected chi connectivity index (χ0v) is 11.9. The molecule has 0 aromatic carbocycles. The van der Waals surface area contributed by atoms with Crippen LogP contribution in [0.4, 0.5) is 0 Å². The summed E-state index contributed by atoms with van der Waals surface area (Å²) in [5.41, 5.74) is 5.31.